The number of nitrogens with two attached hydrogens (primary N) is 1. The number of nitrogens with one attached hydrogen (secondary N) is 1. The van der Waals surface area contributed by atoms with E-state index in [0.717, 1.165) is 0 Å². The fourth-order valence-corrected chi connectivity index (χ4v) is 1.36. The second kappa shape index (κ2) is 6.82. The Kier molecular flexibility index (Phi) is 5.39. The van der Waals surface area contributed by atoms with Crippen LogP contribution in [0.15, 0.2) is 18.2 Å². The Morgan fingerprint density at radius 3 is 2.48 bits per heavy atom. The highest BCUT2D eigenvalue weighted by Crippen LogP contribution is 2.28. The number of benzene rings is 1. The summed E-state index contributed by atoms with van der Waals surface area (Å²) < 4.78 is 46.0. The predicted molar refractivity (Wildman–Crippen MR) is 66.1 cm³/mol. The third-order valence-corrected chi connectivity index (χ3v) is 2.25. The van der Waals surface area contributed by atoms with Crippen molar-refractivity contribution < 1.29 is 32.2 Å². The quantitative estimate of drug-likeness (QED) is 0.815. The summed E-state index contributed by atoms with van der Waals surface area (Å²) in [5, 5.41) is 1.73. The summed E-state index contributed by atoms with van der Waals surface area (Å²) in [6.07, 6.45) is -4.50. The standard InChI is InChI=1S/C12H13F3N2O4/c1-20-9-4-7(11(19)17-6-12(13,14)15)2-3-8(9)21-5-10(16)18/h2-4H,5-6H2,1H3,(H2,16,18)(H,17,19). The highest BCUT2D eigenvalue weighted by molar-refractivity contribution is 5.94. The van der Waals surface area contributed by atoms with Gasteiger partial charge in [-0.15, -0.1) is 0 Å². The first-order chi connectivity index (χ1) is 9.73. The van der Waals surface area contributed by atoms with Crippen LogP contribution >= 0.6 is 0 Å². The number of alkyl halides is 3. The van der Waals surface area contributed by atoms with Crippen LogP contribution in [-0.2, 0) is 4.79 Å². The Bertz CT molecular complexity index is 532. The van der Waals surface area contributed by atoms with Gasteiger partial charge >= 0.3 is 6.18 Å². The first kappa shape index (κ1) is 16.6. The number of primary amides is 1. The zero-order valence-electron chi connectivity index (χ0n) is 11.0. The maximum atomic E-state index is 12.0. The van der Waals surface area contributed by atoms with Crippen molar-refractivity contribution in [2.24, 2.45) is 5.73 Å². The number of carbonyl (C=O) groups excluding carboxylic acids is 2. The lowest BCUT2D eigenvalue weighted by molar-refractivity contribution is -0.123. The summed E-state index contributed by atoms with van der Waals surface area (Å²) in [7, 11) is 1.28. The van der Waals surface area contributed by atoms with E-state index in [0.29, 0.717) is 0 Å². The summed E-state index contributed by atoms with van der Waals surface area (Å²) in [5.41, 5.74) is 4.88. The average molecular weight is 306 g/mol. The molecular formula is C12H13F3N2O4. The fourth-order valence-electron chi connectivity index (χ4n) is 1.36. The molecule has 9 heteroatoms. The SMILES string of the molecule is COc1cc(C(=O)NCC(F)(F)F)ccc1OCC(N)=O. The summed E-state index contributed by atoms with van der Waals surface area (Å²) in [5.74, 6) is -1.38. The lowest BCUT2D eigenvalue weighted by atomic mass is 10.2. The highest BCUT2D eigenvalue weighted by Gasteiger charge is 2.28. The van der Waals surface area contributed by atoms with Gasteiger partial charge in [0.2, 0.25) is 0 Å². The number of halogens is 3. The van der Waals surface area contributed by atoms with E-state index in [2.05, 4.69) is 0 Å². The molecule has 0 bridgehead atoms. The molecule has 0 heterocycles. The van der Waals surface area contributed by atoms with Crippen molar-refractivity contribution in [3.8, 4) is 11.5 Å². The molecule has 0 aliphatic rings. The van der Waals surface area contributed by atoms with Gasteiger partial charge in [0, 0.05) is 5.56 Å². The second-order valence-corrected chi connectivity index (χ2v) is 3.92. The van der Waals surface area contributed by atoms with E-state index in [4.69, 9.17) is 15.2 Å². The molecule has 0 saturated heterocycles. The molecule has 2 amide bonds. The van der Waals surface area contributed by atoms with Crippen molar-refractivity contribution in [1.82, 2.24) is 5.32 Å². The predicted octanol–water partition coefficient (Wildman–Crippen LogP) is 0.851. The van der Waals surface area contributed by atoms with Crippen molar-refractivity contribution in [1.29, 1.82) is 0 Å². The molecule has 3 N–H and O–H groups in total. The summed E-state index contributed by atoms with van der Waals surface area (Å²) in [4.78, 5) is 22.2. The Morgan fingerprint density at radius 2 is 1.95 bits per heavy atom. The van der Waals surface area contributed by atoms with E-state index >= 15 is 0 Å². The normalized spacial score (nSPS) is 10.9. The first-order valence-corrected chi connectivity index (χ1v) is 5.67. The van der Waals surface area contributed by atoms with Crippen LogP contribution in [0.3, 0.4) is 0 Å². The van der Waals surface area contributed by atoms with Crippen LogP contribution in [0.4, 0.5) is 13.2 Å². The van der Waals surface area contributed by atoms with Gasteiger partial charge in [-0.05, 0) is 18.2 Å². The Balaban J connectivity index is 2.81. The molecule has 0 aliphatic carbocycles. The molecule has 0 aromatic heterocycles. The third-order valence-electron chi connectivity index (χ3n) is 2.25. The van der Waals surface area contributed by atoms with Crippen LogP contribution < -0.4 is 20.5 Å². The zero-order chi connectivity index (χ0) is 16.0. The van der Waals surface area contributed by atoms with Crippen LogP contribution in [0, 0.1) is 0 Å². The van der Waals surface area contributed by atoms with Crippen LogP contribution in [-0.4, -0.2) is 38.3 Å². The van der Waals surface area contributed by atoms with Crippen molar-refractivity contribution >= 4 is 11.8 Å². The molecule has 0 fully saturated rings. The molecule has 116 valence electrons. The topological polar surface area (TPSA) is 90.7 Å². The number of amides is 2. The maximum Gasteiger partial charge on any atom is 0.405 e. The molecule has 0 aliphatic heterocycles. The first-order valence-electron chi connectivity index (χ1n) is 5.67. The van der Waals surface area contributed by atoms with Gasteiger partial charge in [-0.2, -0.15) is 13.2 Å². The molecule has 0 radical (unpaired) electrons. The molecule has 0 saturated carbocycles. The van der Waals surface area contributed by atoms with Crippen LogP contribution in [0.2, 0.25) is 0 Å². The molecule has 1 aromatic carbocycles. The van der Waals surface area contributed by atoms with Gasteiger partial charge in [-0.1, -0.05) is 0 Å². The Hall–Kier alpha value is -2.45. The van der Waals surface area contributed by atoms with E-state index in [1.54, 1.807) is 5.32 Å². The summed E-state index contributed by atoms with van der Waals surface area (Å²) in [6.45, 7) is -1.83. The lowest BCUT2D eigenvalue weighted by Gasteiger charge is -2.12. The molecule has 0 atom stereocenters. The van der Waals surface area contributed by atoms with Crippen molar-refractivity contribution in [3.05, 3.63) is 23.8 Å². The molecule has 0 spiro atoms. The van der Waals surface area contributed by atoms with Gasteiger partial charge in [0.15, 0.2) is 18.1 Å². The molecule has 0 unspecified atom stereocenters. The second-order valence-electron chi connectivity index (χ2n) is 3.92. The molecular weight excluding hydrogens is 293 g/mol. The van der Waals surface area contributed by atoms with Crippen LogP contribution in [0.1, 0.15) is 10.4 Å². The molecule has 1 aromatic rings. The zero-order valence-corrected chi connectivity index (χ0v) is 11.0. The maximum absolute atomic E-state index is 12.0. The van der Waals surface area contributed by atoms with Gasteiger partial charge < -0.3 is 20.5 Å². The van der Waals surface area contributed by atoms with E-state index in [9.17, 15) is 22.8 Å². The van der Waals surface area contributed by atoms with E-state index in [1.165, 1.54) is 25.3 Å². The number of hydrogen-bond donors (Lipinski definition) is 2. The highest BCUT2D eigenvalue weighted by atomic mass is 19.4. The Morgan fingerprint density at radius 1 is 1.29 bits per heavy atom. The number of methoxy groups -OCH3 is 1. The third kappa shape index (κ3) is 5.59. The summed E-state index contributed by atoms with van der Waals surface area (Å²) in [6, 6.07) is 3.73. The van der Waals surface area contributed by atoms with E-state index in [1.807, 2.05) is 0 Å². The smallest absolute Gasteiger partial charge is 0.405 e. The van der Waals surface area contributed by atoms with E-state index < -0.39 is 31.1 Å². The van der Waals surface area contributed by atoms with Crippen molar-refractivity contribution in [2.75, 3.05) is 20.3 Å². The lowest BCUT2D eigenvalue weighted by Crippen LogP contribution is -2.33. The number of carbonyl (C=O) groups is 2. The number of hydrogen-bond acceptors (Lipinski definition) is 4. The van der Waals surface area contributed by atoms with Gasteiger partial charge in [0.25, 0.3) is 11.8 Å². The number of rotatable bonds is 6. The summed E-state index contributed by atoms with van der Waals surface area (Å²) >= 11 is 0. The monoisotopic (exact) mass is 306 g/mol. The minimum Gasteiger partial charge on any atom is -0.493 e. The van der Waals surface area contributed by atoms with Crippen molar-refractivity contribution in [3.63, 3.8) is 0 Å². The van der Waals surface area contributed by atoms with Crippen LogP contribution in [0.5, 0.6) is 11.5 Å². The van der Waals surface area contributed by atoms with Gasteiger partial charge in [-0.3, -0.25) is 9.59 Å². The Labute approximate surface area is 118 Å². The largest absolute Gasteiger partial charge is 0.493 e. The minimum absolute atomic E-state index is 0.0393. The average Bonchev–Trinajstić information content (AvgIpc) is 2.41. The minimum atomic E-state index is -4.50. The van der Waals surface area contributed by atoms with Crippen LogP contribution in [0.25, 0.3) is 0 Å². The van der Waals surface area contributed by atoms with Gasteiger partial charge in [0.05, 0.1) is 7.11 Å². The van der Waals surface area contributed by atoms with Crippen molar-refractivity contribution in [2.45, 2.75) is 6.18 Å². The van der Waals surface area contributed by atoms with Gasteiger partial charge in [-0.25, -0.2) is 0 Å². The van der Waals surface area contributed by atoms with Gasteiger partial charge in [0.1, 0.15) is 6.54 Å². The molecule has 21 heavy (non-hydrogen) atoms. The molecule has 6 nitrogen and oxygen atoms in total. The fraction of sp³-hybridized carbons (Fsp3) is 0.333. The van der Waals surface area contributed by atoms with E-state index in [-0.39, 0.29) is 17.1 Å². The molecule has 1 rings (SSSR count). The number of ether oxygens (including phenoxy) is 2.